The first-order chi connectivity index (χ1) is 15.3. The molecule has 0 aliphatic carbocycles. The van der Waals surface area contributed by atoms with Gasteiger partial charge in [0.25, 0.3) is 23.6 Å². The third-order valence-corrected chi connectivity index (χ3v) is 5.05. The molecule has 168 valence electrons. The van der Waals surface area contributed by atoms with Crippen molar-refractivity contribution >= 4 is 23.6 Å². The molecule has 0 aromatic heterocycles. The quantitative estimate of drug-likeness (QED) is 0.480. The molecule has 2 N–H and O–H groups in total. The summed E-state index contributed by atoms with van der Waals surface area (Å²) in [5, 5.41) is 5.40. The number of methoxy groups -OCH3 is 2. The summed E-state index contributed by atoms with van der Waals surface area (Å²) in [7, 11) is 2.92. The van der Waals surface area contributed by atoms with E-state index in [9.17, 15) is 19.2 Å². The lowest BCUT2D eigenvalue weighted by Crippen LogP contribution is -2.36. The Hall–Kier alpha value is -3.88. The maximum Gasteiger partial charge on any atom is 0.261 e. The van der Waals surface area contributed by atoms with Gasteiger partial charge in [0, 0.05) is 24.7 Å². The Morgan fingerprint density at radius 3 is 2.00 bits per heavy atom. The normalized spacial score (nSPS) is 12.6. The Labute approximate surface area is 185 Å². The lowest BCUT2D eigenvalue weighted by atomic mass is 10.1. The first-order valence-electron chi connectivity index (χ1n) is 10.1. The van der Waals surface area contributed by atoms with Gasteiger partial charge in [-0.1, -0.05) is 6.07 Å². The van der Waals surface area contributed by atoms with Crippen molar-refractivity contribution in [2.24, 2.45) is 0 Å². The molecule has 0 bridgehead atoms. The fourth-order valence-corrected chi connectivity index (χ4v) is 3.49. The summed E-state index contributed by atoms with van der Waals surface area (Å²) in [6.07, 6.45) is 0. The van der Waals surface area contributed by atoms with E-state index in [2.05, 4.69) is 10.6 Å². The molecule has 0 saturated heterocycles. The summed E-state index contributed by atoms with van der Waals surface area (Å²) in [4.78, 5) is 51.1. The Bertz CT molecular complexity index is 1060. The molecular weight excluding hydrogens is 414 g/mol. The molecule has 1 aliphatic heterocycles. The summed E-state index contributed by atoms with van der Waals surface area (Å²) in [5.41, 5.74) is 1.03. The van der Waals surface area contributed by atoms with Gasteiger partial charge in [-0.3, -0.25) is 24.1 Å². The van der Waals surface area contributed by atoms with Gasteiger partial charge >= 0.3 is 0 Å². The minimum atomic E-state index is -0.417. The summed E-state index contributed by atoms with van der Waals surface area (Å²) < 4.78 is 10.4. The Kier molecular flexibility index (Phi) is 6.77. The van der Waals surface area contributed by atoms with Crippen LogP contribution in [0.3, 0.4) is 0 Å². The number of nitrogens with zero attached hydrogens (tertiary/aromatic N) is 1. The molecule has 4 amide bonds. The van der Waals surface area contributed by atoms with Crippen LogP contribution in [0.4, 0.5) is 0 Å². The molecule has 2 aromatic carbocycles. The van der Waals surface area contributed by atoms with Crippen LogP contribution in [0.5, 0.6) is 11.5 Å². The molecule has 0 spiro atoms. The number of imide groups is 1. The van der Waals surface area contributed by atoms with Crippen molar-refractivity contribution in [1.82, 2.24) is 15.5 Å². The molecule has 2 aromatic rings. The summed E-state index contributed by atoms with van der Waals surface area (Å²) in [6, 6.07) is 9.16. The molecule has 9 nitrogen and oxygen atoms in total. The van der Waals surface area contributed by atoms with E-state index in [-0.39, 0.29) is 41.7 Å². The highest BCUT2D eigenvalue weighted by atomic mass is 16.5. The van der Waals surface area contributed by atoms with Crippen LogP contribution in [-0.2, 0) is 0 Å². The minimum Gasteiger partial charge on any atom is -0.496 e. The average Bonchev–Trinajstić information content (AvgIpc) is 3.05. The van der Waals surface area contributed by atoms with Gasteiger partial charge in [0.1, 0.15) is 17.1 Å². The van der Waals surface area contributed by atoms with Crippen LogP contribution in [0.25, 0.3) is 0 Å². The van der Waals surface area contributed by atoms with Gasteiger partial charge in [0.15, 0.2) is 0 Å². The van der Waals surface area contributed by atoms with Crippen molar-refractivity contribution < 1.29 is 28.7 Å². The number of nitrogens with one attached hydrogen (secondary N) is 2. The highest BCUT2D eigenvalue weighted by Crippen LogP contribution is 2.28. The number of hydrogen-bond acceptors (Lipinski definition) is 6. The second-order valence-corrected chi connectivity index (χ2v) is 7.38. The van der Waals surface area contributed by atoms with E-state index in [1.54, 1.807) is 32.0 Å². The number of carbonyl (C=O) groups excluding carboxylic acids is 4. The van der Waals surface area contributed by atoms with Crippen LogP contribution in [0.2, 0.25) is 0 Å². The Morgan fingerprint density at radius 1 is 0.875 bits per heavy atom. The summed E-state index contributed by atoms with van der Waals surface area (Å²) in [6.45, 7) is 3.83. The topological polar surface area (TPSA) is 114 Å². The van der Waals surface area contributed by atoms with Crippen LogP contribution in [0.15, 0.2) is 36.4 Å². The van der Waals surface area contributed by atoms with E-state index in [1.807, 2.05) is 0 Å². The van der Waals surface area contributed by atoms with E-state index in [0.717, 1.165) is 0 Å². The van der Waals surface area contributed by atoms with Crippen molar-refractivity contribution in [3.63, 3.8) is 0 Å². The minimum absolute atomic E-state index is 0.157. The van der Waals surface area contributed by atoms with Gasteiger partial charge in [-0.15, -0.1) is 0 Å². The molecule has 0 radical (unpaired) electrons. The molecular formula is C23H25N3O6. The fraction of sp³-hybridized carbons (Fsp3) is 0.304. The number of fused-ring (bicyclic) bond motifs is 1. The largest absolute Gasteiger partial charge is 0.496 e. The molecule has 0 atom stereocenters. The molecule has 0 saturated carbocycles. The molecule has 9 heteroatoms. The van der Waals surface area contributed by atoms with Crippen LogP contribution < -0.4 is 20.1 Å². The molecule has 0 unspecified atom stereocenters. The van der Waals surface area contributed by atoms with Crippen molar-refractivity contribution in [3.05, 3.63) is 58.7 Å². The Morgan fingerprint density at radius 2 is 1.44 bits per heavy atom. The standard InChI is InChI=1S/C23H25N3O6/c1-13(2)26-22(29)15-9-8-14(12-16(15)23(26)30)20(27)24-10-11-25-21(28)19-17(31-3)6-5-7-18(19)32-4/h5-9,12-13H,10-11H2,1-4H3,(H,24,27)(H,25,28). The molecule has 3 rings (SSSR count). The van der Waals surface area contributed by atoms with Gasteiger partial charge in [-0.2, -0.15) is 0 Å². The number of amides is 4. The first kappa shape index (κ1) is 22.8. The SMILES string of the molecule is COc1cccc(OC)c1C(=O)NCCNC(=O)c1ccc2c(c1)C(=O)N(C(C)C)C2=O. The molecule has 0 fully saturated rings. The van der Waals surface area contributed by atoms with Crippen molar-refractivity contribution in [2.45, 2.75) is 19.9 Å². The van der Waals surface area contributed by atoms with Crippen molar-refractivity contribution in [1.29, 1.82) is 0 Å². The highest BCUT2D eigenvalue weighted by Gasteiger charge is 2.37. The summed E-state index contributed by atoms with van der Waals surface area (Å²) >= 11 is 0. The molecule has 1 heterocycles. The second kappa shape index (κ2) is 9.51. The summed E-state index contributed by atoms with van der Waals surface area (Å²) in [5.74, 6) is -0.837. The molecule has 1 aliphatic rings. The van der Waals surface area contributed by atoms with E-state index >= 15 is 0 Å². The highest BCUT2D eigenvalue weighted by molar-refractivity contribution is 6.22. The second-order valence-electron chi connectivity index (χ2n) is 7.38. The van der Waals surface area contributed by atoms with Crippen LogP contribution in [-0.4, -0.2) is 61.9 Å². The van der Waals surface area contributed by atoms with Gasteiger partial charge < -0.3 is 20.1 Å². The monoisotopic (exact) mass is 439 g/mol. The maximum atomic E-state index is 12.5. The van der Waals surface area contributed by atoms with Crippen molar-refractivity contribution in [2.75, 3.05) is 27.3 Å². The lowest BCUT2D eigenvalue weighted by Gasteiger charge is -2.17. The zero-order valence-corrected chi connectivity index (χ0v) is 18.4. The maximum absolute atomic E-state index is 12.5. The van der Waals surface area contributed by atoms with Gasteiger partial charge in [0.05, 0.1) is 25.3 Å². The van der Waals surface area contributed by atoms with Crippen LogP contribution in [0.1, 0.15) is 55.3 Å². The predicted octanol–water partition coefficient (Wildman–Crippen LogP) is 1.87. The lowest BCUT2D eigenvalue weighted by molar-refractivity contribution is 0.0608. The van der Waals surface area contributed by atoms with E-state index < -0.39 is 17.7 Å². The van der Waals surface area contributed by atoms with Gasteiger partial charge in [0.2, 0.25) is 0 Å². The van der Waals surface area contributed by atoms with E-state index in [4.69, 9.17) is 9.47 Å². The number of carbonyl (C=O) groups is 4. The zero-order chi connectivity index (χ0) is 23.4. The van der Waals surface area contributed by atoms with E-state index in [1.165, 1.54) is 37.3 Å². The van der Waals surface area contributed by atoms with Crippen molar-refractivity contribution in [3.8, 4) is 11.5 Å². The molecule has 32 heavy (non-hydrogen) atoms. The smallest absolute Gasteiger partial charge is 0.261 e. The third-order valence-electron chi connectivity index (χ3n) is 5.05. The zero-order valence-electron chi connectivity index (χ0n) is 18.4. The van der Waals surface area contributed by atoms with Gasteiger partial charge in [-0.05, 0) is 44.2 Å². The average molecular weight is 439 g/mol. The third kappa shape index (κ3) is 4.27. The first-order valence-corrected chi connectivity index (χ1v) is 10.1. The van der Waals surface area contributed by atoms with Crippen LogP contribution >= 0.6 is 0 Å². The van der Waals surface area contributed by atoms with Gasteiger partial charge in [-0.25, -0.2) is 0 Å². The number of rotatable bonds is 8. The van der Waals surface area contributed by atoms with E-state index in [0.29, 0.717) is 17.1 Å². The Balaban J connectivity index is 1.60. The fourth-order valence-electron chi connectivity index (χ4n) is 3.49. The number of benzene rings is 2. The number of hydrogen-bond donors (Lipinski definition) is 2. The number of ether oxygens (including phenoxy) is 2. The predicted molar refractivity (Wildman–Crippen MR) is 116 cm³/mol. The van der Waals surface area contributed by atoms with Crippen LogP contribution in [0, 0.1) is 0 Å².